The lowest BCUT2D eigenvalue weighted by Crippen LogP contribution is -2.26. The lowest BCUT2D eigenvalue weighted by atomic mass is 10.2. The molecule has 0 bridgehead atoms. The Morgan fingerprint density at radius 3 is 3.00 bits per heavy atom. The Kier molecular flexibility index (Phi) is 1.67. The first-order valence-electron chi connectivity index (χ1n) is 2.88. The summed E-state index contributed by atoms with van der Waals surface area (Å²) in [6.45, 7) is 2.14. The summed E-state index contributed by atoms with van der Waals surface area (Å²) in [5.74, 6) is 0. The molecule has 8 heavy (non-hydrogen) atoms. The number of nitrogens with zero attached hydrogens (tertiary/aromatic N) is 1. The van der Waals surface area contributed by atoms with Crippen molar-refractivity contribution in [2.45, 2.75) is 19.4 Å². The van der Waals surface area contributed by atoms with E-state index < -0.39 is 0 Å². The molecule has 0 saturated carbocycles. The first-order valence-corrected chi connectivity index (χ1v) is 2.88. The minimum atomic E-state index is 0.507. The molecule has 0 aromatic carbocycles. The molecule has 2 heteroatoms. The first-order chi connectivity index (χ1) is 3.93. The van der Waals surface area contributed by atoms with E-state index in [1.807, 2.05) is 6.20 Å². The summed E-state index contributed by atoms with van der Waals surface area (Å²) in [5, 5.41) is 3.09. The Balaban J connectivity index is 2.40. The summed E-state index contributed by atoms with van der Waals surface area (Å²) >= 11 is 0. The van der Waals surface area contributed by atoms with Gasteiger partial charge in [-0.2, -0.15) is 0 Å². The van der Waals surface area contributed by atoms with Crippen molar-refractivity contribution < 1.29 is 0 Å². The number of nitrogens with one attached hydrogen (secondary N) is 1. The molecule has 1 N–H and O–H groups in total. The fourth-order valence-corrected chi connectivity index (χ4v) is 0.645. The predicted octanol–water partition coefficient (Wildman–Crippen LogP) is 0.910. The van der Waals surface area contributed by atoms with Crippen LogP contribution in [0.5, 0.6) is 0 Å². The number of aliphatic imine (C=N–C) groups is 1. The fraction of sp³-hybridized carbons (Fsp3) is 0.500. The number of rotatable bonds is 1. The van der Waals surface area contributed by atoms with Gasteiger partial charge in [0.05, 0.1) is 6.34 Å². The maximum atomic E-state index is 3.86. The van der Waals surface area contributed by atoms with Crippen LogP contribution in [0.15, 0.2) is 17.3 Å². The van der Waals surface area contributed by atoms with Crippen molar-refractivity contribution in [1.29, 1.82) is 0 Å². The Hall–Kier alpha value is -0.790. The van der Waals surface area contributed by atoms with Crippen molar-refractivity contribution in [3.8, 4) is 0 Å². The molecule has 0 radical (unpaired) electrons. The van der Waals surface area contributed by atoms with E-state index in [2.05, 4.69) is 23.3 Å². The molecule has 1 rings (SSSR count). The van der Waals surface area contributed by atoms with Crippen LogP contribution >= 0.6 is 0 Å². The predicted molar refractivity (Wildman–Crippen MR) is 34.8 cm³/mol. The van der Waals surface area contributed by atoms with Gasteiger partial charge < -0.3 is 5.32 Å². The highest BCUT2D eigenvalue weighted by Gasteiger charge is 1.97. The molecule has 1 atom stereocenters. The maximum absolute atomic E-state index is 3.86. The summed E-state index contributed by atoms with van der Waals surface area (Å²) in [7, 11) is 0. The van der Waals surface area contributed by atoms with Crippen LogP contribution in [0, 0.1) is 0 Å². The monoisotopic (exact) mass is 110 g/mol. The molecule has 0 fully saturated rings. The summed E-state index contributed by atoms with van der Waals surface area (Å²) in [6, 6.07) is 0.507. The lowest BCUT2D eigenvalue weighted by molar-refractivity contribution is 0.702. The molecular formula is C6H10N2. The van der Waals surface area contributed by atoms with Crippen LogP contribution in [-0.2, 0) is 0 Å². The molecule has 0 aromatic rings. The zero-order chi connectivity index (χ0) is 5.82. The van der Waals surface area contributed by atoms with E-state index in [-0.39, 0.29) is 0 Å². The average Bonchev–Trinajstić information content (AvgIpc) is 1.90. The van der Waals surface area contributed by atoms with Gasteiger partial charge in [-0.05, 0) is 12.5 Å². The van der Waals surface area contributed by atoms with E-state index in [0.29, 0.717) is 6.04 Å². The Morgan fingerprint density at radius 2 is 2.62 bits per heavy atom. The minimum Gasteiger partial charge on any atom is -0.370 e. The molecule has 0 aromatic heterocycles. The summed E-state index contributed by atoms with van der Waals surface area (Å²) in [6.07, 6.45) is 6.74. The highest BCUT2D eigenvalue weighted by atomic mass is 15.0. The standard InChI is InChI=1S/C6H10N2/c1-2-6-3-4-7-5-8-6/h3-6H,2H2,1H3,(H,7,8). The molecule has 1 aliphatic heterocycles. The zero-order valence-corrected chi connectivity index (χ0v) is 4.96. The summed E-state index contributed by atoms with van der Waals surface area (Å²) < 4.78 is 0. The minimum absolute atomic E-state index is 0.507. The Bertz CT molecular complexity index is 116. The van der Waals surface area contributed by atoms with E-state index in [9.17, 15) is 0 Å². The second kappa shape index (κ2) is 2.50. The molecular weight excluding hydrogens is 100 g/mol. The first kappa shape index (κ1) is 5.35. The van der Waals surface area contributed by atoms with Crippen molar-refractivity contribution in [3.05, 3.63) is 12.3 Å². The SMILES string of the molecule is CCC1C=CN=CN1. The third-order valence-corrected chi connectivity index (χ3v) is 1.21. The molecule has 1 aliphatic rings. The molecule has 0 spiro atoms. The van der Waals surface area contributed by atoms with Crippen LogP contribution in [-0.4, -0.2) is 12.4 Å². The van der Waals surface area contributed by atoms with E-state index >= 15 is 0 Å². The molecule has 0 amide bonds. The van der Waals surface area contributed by atoms with Gasteiger partial charge in [0, 0.05) is 12.2 Å². The van der Waals surface area contributed by atoms with Gasteiger partial charge in [-0.1, -0.05) is 6.92 Å². The topological polar surface area (TPSA) is 24.4 Å². The molecule has 1 heterocycles. The fourth-order valence-electron chi connectivity index (χ4n) is 0.645. The van der Waals surface area contributed by atoms with Crippen LogP contribution in [0.4, 0.5) is 0 Å². The van der Waals surface area contributed by atoms with Crippen LogP contribution < -0.4 is 5.32 Å². The van der Waals surface area contributed by atoms with Gasteiger partial charge in [0.15, 0.2) is 0 Å². The van der Waals surface area contributed by atoms with Gasteiger partial charge in [-0.25, -0.2) is 4.99 Å². The largest absolute Gasteiger partial charge is 0.370 e. The van der Waals surface area contributed by atoms with Crippen LogP contribution in [0.3, 0.4) is 0 Å². The maximum Gasteiger partial charge on any atom is 0.0883 e. The Labute approximate surface area is 49.3 Å². The van der Waals surface area contributed by atoms with Gasteiger partial charge >= 0.3 is 0 Å². The normalized spacial score (nSPS) is 25.4. The van der Waals surface area contributed by atoms with Gasteiger partial charge in [0.25, 0.3) is 0 Å². The van der Waals surface area contributed by atoms with E-state index in [1.165, 1.54) is 0 Å². The van der Waals surface area contributed by atoms with Gasteiger partial charge in [-0.3, -0.25) is 0 Å². The van der Waals surface area contributed by atoms with E-state index in [0.717, 1.165) is 6.42 Å². The van der Waals surface area contributed by atoms with Crippen LogP contribution in [0.1, 0.15) is 13.3 Å². The molecule has 2 nitrogen and oxygen atoms in total. The van der Waals surface area contributed by atoms with Crippen molar-refractivity contribution in [2.75, 3.05) is 0 Å². The Morgan fingerprint density at radius 1 is 1.75 bits per heavy atom. The lowest BCUT2D eigenvalue weighted by Gasteiger charge is -2.10. The van der Waals surface area contributed by atoms with Crippen molar-refractivity contribution in [3.63, 3.8) is 0 Å². The second-order valence-electron chi connectivity index (χ2n) is 1.80. The van der Waals surface area contributed by atoms with Gasteiger partial charge in [0.2, 0.25) is 0 Å². The quantitative estimate of drug-likeness (QED) is 0.533. The highest BCUT2D eigenvalue weighted by Crippen LogP contribution is 1.94. The van der Waals surface area contributed by atoms with Crippen molar-refractivity contribution >= 4 is 6.34 Å². The third-order valence-electron chi connectivity index (χ3n) is 1.21. The average molecular weight is 110 g/mol. The van der Waals surface area contributed by atoms with Gasteiger partial charge in [0.1, 0.15) is 0 Å². The third kappa shape index (κ3) is 1.09. The van der Waals surface area contributed by atoms with E-state index in [1.54, 1.807) is 6.34 Å². The number of hydrogen-bond donors (Lipinski definition) is 1. The van der Waals surface area contributed by atoms with Crippen molar-refractivity contribution in [1.82, 2.24) is 5.32 Å². The summed E-state index contributed by atoms with van der Waals surface area (Å²) in [4.78, 5) is 3.86. The molecule has 1 unspecified atom stereocenters. The van der Waals surface area contributed by atoms with Crippen LogP contribution in [0.25, 0.3) is 0 Å². The zero-order valence-electron chi connectivity index (χ0n) is 4.96. The molecule has 0 saturated heterocycles. The van der Waals surface area contributed by atoms with Crippen molar-refractivity contribution in [2.24, 2.45) is 4.99 Å². The molecule has 44 valence electrons. The smallest absolute Gasteiger partial charge is 0.0883 e. The number of hydrogen-bond acceptors (Lipinski definition) is 2. The second-order valence-corrected chi connectivity index (χ2v) is 1.80. The van der Waals surface area contributed by atoms with E-state index in [4.69, 9.17) is 0 Å². The molecule has 0 aliphatic carbocycles. The summed E-state index contributed by atoms with van der Waals surface area (Å²) in [5.41, 5.74) is 0. The highest BCUT2D eigenvalue weighted by molar-refractivity contribution is 5.57. The van der Waals surface area contributed by atoms with Crippen LogP contribution in [0.2, 0.25) is 0 Å². The van der Waals surface area contributed by atoms with Gasteiger partial charge in [-0.15, -0.1) is 0 Å².